The van der Waals surface area contributed by atoms with E-state index in [1.165, 1.54) is 0 Å². The number of hydrogen-bond acceptors (Lipinski definition) is 3. The Kier molecular flexibility index (Phi) is 4.49. The molecule has 1 aromatic carbocycles. The van der Waals surface area contributed by atoms with Crippen LogP contribution in [0.4, 0.5) is 5.69 Å². The molecule has 1 saturated heterocycles. The Morgan fingerprint density at radius 2 is 2.11 bits per heavy atom. The molecule has 102 valence electrons. The topological polar surface area (TPSA) is 45.0 Å². The van der Waals surface area contributed by atoms with E-state index in [-0.39, 0.29) is 6.10 Å². The average Bonchev–Trinajstić information content (AvgIpc) is 2.42. The molecule has 1 aliphatic heterocycles. The summed E-state index contributed by atoms with van der Waals surface area (Å²) in [6.07, 6.45) is 1.61. The maximum Gasteiger partial charge on any atom is 0.130 e. The summed E-state index contributed by atoms with van der Waals surface area (Å²) in [4.78, 5) is 0. The molecule has 0 aromatic heterocycles. The minimum atomic E-state index is -0.513. The highest BCUT2D eigenvalue weighted by Crippen LogP contribution is 2.31. The summed E-state index contributed by atoms with van der Waals surface area (Å²) in [5.41, 5.74) is 0.468. The molecule has 0 saturated carbocycles. The lowest BCUT2D eigenvalue weighted by atomic mass is 9.84. The van der Waals surface area contributed by atoms with Crippen LogP contribution in [-0.4, -0.2) is 18.2 Å². The molecule has 0 aliphatic carbocycles. The van der Waals surface area contributed by atoms with Gasteiger partial charge in [0.05, 0.1) is 18.8 Å². The molecule has 1 heterocycles. The van der Waals surface area contributed by atoms with Crippen LogP contribution in [0.25, 0.3) is 0 Å². The third-order valence-electron chi connectivity index (χ3n) is 3.60. The summed E-state index contributed by atoms with van der Waals surface area (Å²) in [5.74, 6) is 0.430. The summed E-state index contributed by atoms with van der Waals surface area (Å²) in [7, 11) is 0. The highest BCUT2D eigenvalue weighted by atomic mass is 79.9. The van der Waals surface area contributed by atoms with E-state index in [9.17, 15) is 5.26 Å². The zero-order valence-electron chi connectivity index (χ0n) is 11.3. The number of halogens is 1. The van der Waals surface area contributed by atoms with Gasteiger partial charge in [-0.05, 0) is 30.2 Å². The molecule has 2 atom stereocenters. The predicted molar refractivity (Wildman–Crippen MR) is 79.9 cm³/mol. The fourth-order valence-corrected chi connectivity index (χ4v) is 2.63. The van der Waals surface area contributed by atoms with Crippen molar-refractivity contribution in [3.05, 3.63) is 28.7 Å². The van der Waals surface area contributed by atoms with Crippen LogP contribution in [0.2, 0.25) is 0 Å². The number of rotatable bonds is 3. The fraction of sp³-hybridized carbons (Fsp3) is 0.533. The van der Waals surface area contributed by atoms with E-state index in [1.54, 1.807) is 0 Å². The van der Waals surface area contributed by atoms with Crippen molar-refractivity contribution in [2.75, 3.05) is 11.9 Å². The van der Waals surface area contributed by atoms with E-state index in [2.05, 4.69) is 41.2 Å². The molecular weight excluding hydrogens is 304 g/mol. The van der Waals surface area contributed by atoms with Gasteiger partial charge in [-0.1, -0.05) is 29.8 Å². The first kappa shape index (κ1) is 14.4. The number of hydrogen-bond donors (Lipinski definition) is 1. The fourth-order valence-electron chi connectivity index (χ4n) is 2.37. The van der Waals surface area contributed by atoms with Crippen LogP contribution in [0.15, 0.2) is 28.7 Å². The van der Waals surface area contributed by atoms with Gasteiger partial charge in [-0.25, -0.2) is 0 Å². The molecule has 0 amide bonds. The zero-order valence-corrected chi connectivity index (χ0v) is 12.9. The van der Waals surface area contributed by atoms with Crippen LogP contribution in [0.5, 0.6) is 0 Å². The quantitative estimate of drug-likeness (QED) is 0.916. The number of nitrogens with zero attached hydrogens (tertiary/aromatic N) is 1. The standard InChI is InChI=1S/C15H19BrN2O/c1-11(2)14-9-15(10-17,7-8-19-14)18-13-5-3-12(16)4-6-13/h3-6,11,14,18H,7-9H2,1-2H3. The minimum Gasteiger partial charge on any atom is -0.378 e. The van der Waals surface area contributed by atoms with Crippen LogP contribution >= 0.6 is 15.9 Å². The molecule has 1 N–H and O–H groups in total. The Balaban J connectivity index is 2.14. The van der Waals surface area contributed by atoms with Crippen LogP contribution in [-0.2, 0) is 4.74 Å². The third kappa shape index (κ3) is 3.49. The van der Waals surface area contributed by atoms with Crippen LogP contribution < -0.4 is 5.32 Å². The van der Waals surface area contributed by atoms with Gasteiger partial charge in [0.1, 0.15) is 5.54 Å². The zero-order chi connectivity index (χ0) is 13.9. The summed E-state index contributed by atoms with van der Waals surface area (Å²) in [5, 5.41) is 13.0. The second kappa shape index (κ2) is 5.94. The number of anilines is 1. The van der Waals surface area contributed by atoms with E-state index in [0.29, 0.717) is 12.5 Å². The molecule has 2 rings (SSSR count). The highest BCUT2D eigenvalue weighted by Gasteiger charge is 2.38. The van der Waals surface area contributed by atoms with Gasteiger partial charge >= 0.3 is 0 Å². The first-order valence-corrected chi connectivity index (χ1v) is 7.40. The molecule has 0 radical (unpaired) electrons. The van der Waals surface area contributed by atoms with Crippen molar-refractivity contribution >= 4 is 21.6 Å². The van der Waals surface area contributed by atoms with E-state index < -0.39 is 5.54 Å². The lowest BCUT2D eigenvalue weighted by Gasteiger charge is -2.38. The van der Waals surface area contributed by atoms with Crippen molar-refractivity contribution < 1.29 is 4.74 Å². The van der Waals surface area contributed by atoms with Gasteiger partial charge in [-0.15, -0.1) is 0 Å². The van der Waals surface area contributed by atoms with Crippen molar-refractivity contribution in [3.8, 4) is 6.07 Å². The van der Waals surface area contributed by atoms with Gasteiger partial charge in [-0.2, -0.15) is 5.26 Å². The van der Waals surface area contributed by atoms with Crippen molar-refractivity contribution in [1.29, 1.82) is 5.26 Å². The van der Waals surface area contributed by atoms with Crippen molar-refractivity contribution in [3.63, 3.8) is 0 Å². The molecular formula is C15H19BrN2O. The maximum absolute atomic E-state index is 9.58. The van der Waals surface area contributed by atoms with Crippen molar-refractivity contribution in [2.45, 2.75) is 38.3 Å². The van der Waals surface area contributed by atoms with E-state index >= 15 is 0 Å². The van der Waals surface area contributed by atoms with E-state index in [0.717, 1.165) is 23.0 Å². The van der Waals surface area contributed by atoms with E-state index in [1.807, 2.05) is 24.3 Å². The van der Waals surface area contributed by atoms with Crippen molar-refractivity contribution in [1.82, 2.24) is 0 Å². The molecule has 4 heteroatoms. The average molecular weight is 323 g/mol. The summed E-state index contributed by atoms with van der Waals surface area (Å²) in [6, 6.07) is 10.4. The van der Waals surface area contributed by atoms with Gasteiger partial charge in [-0.3, -0.25) is 0 Å². The molecule has 2 unspecified atom stereocenters. The smallest absolute Gasteiger partial charge is 0.130 e. The first-order valence-electron chi connectivity index (χ1n) is 6.61. The van der Waals surface area contributed by atoms with Gasteiger partial charge in [0, 0.05) is 23.0 Å². The maximum atomic E-state index is 9.58. The second-order valence-electron chi connectivity index (χ2n) is 5.43. The SMILES string of the molecule is CC(C)C1CC(C#N)(Nc2ccc(Br)cc2)CCO1. The number of nitriles is 1. The van der Waals surface area contributed by atoms with Crippen LogP contribution in [0.1, 0.15) is 26.7 Å². The third-order valence-corrected chi connectivity index (χ3v) is 4.12. The predicted octanol–water partition coefficient (Wildman–Crippen LogP) is 3.96. The summed E-state index contributed by atoms with van der Waals surface area (Å²) >= 11 is 3.42. The number of benzene rings is 1. The summed E-state index contributed by atoms with van der Waals surface area (Å²) in [6.45, 7) is 4.91. The van der Waals surface area contributed by atoms with Gasteiger partial charge in [0.2, 0.25) is 0 Å². The van der Waals surface area contributed by atoms with Crippen molar-refractivity contribution in [2.24, 2.45) is 5.92 Å². The van der Waals surface area contributed by atoms with E-state index in [4.69, 9.17) is 4.74 Å². The number of nitrogens with one attached hydrogen (secondary N) is 1. The van der Waals surface area contributed by atoms with Gasteiger partial charge < -0.3 is 10.1 Å². The minimum absolute atomic E-state index is 0.149. The normalized spacial score (nSPS) is 27.0. The molecule has 1 aromatic rings. The lowest BCUT2D eigenvalue weighted by Crippen LogP contribution is -2.47. The molecule has 3 nitrogen and oxygen atoms in total. The summed E-state index contributed by atoms with van der Waals surface area (Å²) < 4.78 is 6.79. The first-order chi connectivity index (χ1) is 9.04. The number of ether oxygens (including phenoxy) is 1. The molecule has 1 fully saturated rings. The molecule has 0 bridgehead atoms. The Labute approximate surface area is 123 Å². The second-order valence-corrected chi connectivity index (χ2v) is 6.35. The van der Waals surface area contributed by atoms with Gasteiger partial charge in [0.25, 0.3) is 0 Å². The highest BCUT2D eigenvalue weighted by molar-refractivity contribution is 9.10. The molecule has 1 aliphatic rings. The Hall–Kier alpha value is -1.05. The van der Waals surface area contributed by atoms with Crippen LogP contribution in [0, 0.1) is 17.2 Å². The molecule has 0 spiro atoms. The largest absolute Gasteiger partial charge is 0.378 e. The Morgan fingerprint density at radius 1 is 1.42 bits per heavy atom. The monoisotopic (exact) mass is 322 g/mol. The Morgan fingerprint density at radius 3 is 2.68 bits per heavy atom. The lowest BCUT2D eigenvalue weighted by molar-refractivity contribution is -0.0272. The molecule has 19 heavy (non-hydrogen) atoms. The van der Waals surface area contributed by atoms with Crippen LogP contribution in [0.3, 0.4) is 0 Å². The Bertz CT molecular complexity index is 466. The van der Waals surface area contributed by atoms with Gasteiger partial charge in [0.15, 0.2) is 0 Å².